The molecule has 3 aromatic rings. The van der Waals surface area contributed by atoms with E-state index < -0.39 is 0 Å². The summed E-state index contributed by atoms with van der Waals surface area (Å²) in [7, 11) is 1.53. The molecule has 0 bridgehead atoms. The van der Waals surface area contributed by atoms with Gasteiger partial charge in [-0.3, -0.25) is 4.79 Å². The lowest BCUT2D eigenvalue weighted by Crippen LogP contribution is -2.37. The maximum absolute atomic E-state index is 12.6. The summed E-state index contributed by atoms with van der Waals surface area (Å²) in [5, 5.41) is 3.37. The first-order chi connectivity index (χ1) is 13.7. The van der Waals surface area contributed by atoms with Gasteiger partial charge in [-0.15, -0.1) is 0 Å². The molecule has 1 atom stereocenters. The van der Waals surface area contributed by atoms with E-state index in [9.17, 15) is 4.79 Å². The van der Waals surface area contributed by atoms with Gasteiger partial charge in [-0.1, -0.05) is 17.7 Å². The summed E-state index contributed by atoms with van der Waals surface area (Å²) in [6, 6.07) is 10.9. The van der Waals surface area contributed by atoms with Gasteiger partial charge in [0.1, 0.15) is 5.75 Å². The van der Waals surface area contributed by atoms with Gasteiger partial charge in [-0.25, -0.2) is 9.97 Å². The van der Waals surface area contributed by atoms with Gasteiger partial charge < -0.3 is 19.9 Å². The number of benzene rings is 1. The molecule has 7 nitrogen and oxygen atoms in total. The van der Waals surface area contributed by atoms with Crippen LogP contribution in [0, 0.1) is 0 Å². The van der Waals surface area contributed by atoms with Gasteiger partial charge in [0, 0.05) is 31.5 Å². The predicted octanol–water partition coefficient (Wildman–Crippen LogP) is 3.14. The van der Waals surface area contributed by atoms with Crippen molar-refractivity contribution in [3.63, 3.8) is 0 Å². The number of nitrogens with one attached hydrogen (secondary N) is 2. The van der Waals surface area contributed by atoms with E-state index in [0.717, 1.165) is 24.4 Å². The molecule has 1 amide bonds. The van der Waals surface area contributed by atoms with Crippen LogP contribution in [-0.2, 0) is 0 Å². The number of anilines is 1. The van der Waals surface area contributed by atoms with E-state index in [1.807, 2.05) is 24.4 Å². The van der Waals surface area contributed by atoms with Gasteiger partial charge in [-0.05, 0) is 36.8 Å². The molecule has 0 aliphatic carbocycles. The Kier molecular flexibility index (Phi) is 5.16. The number of rotatable bonds is 5. The van der Waals surface area contributed by atoms with Crippen LogP contribution in [0.5, 0.6) is 5.75 Å². The molecule has 2 N–H and O–H groups in total. The average Bonchev–Trinajstić information content (AvgIpc) is 3.40. The third kappa shape index (κ3) is 3.66. The summed E-state index contributed by atoms with van der Waals surface area (Å²) < 4.78 is 5.18. The maximum atomic E-state index is 12.6. The molecular formula is C20H20ClN5O2. The lowest BCUT2D eigenvalue weighted by atomic mass is 10.1. The van der Waals surface area contributed by atoms with Crippen molar-refractivity contribution in [3.05, 3.63) is 59.4 Å². The molecule has 4 rings (SSSR count). The number of nitrogens with zero attached hydrogens (tertiary/aromatic N) is 3. The van der Waals surface area contributed by atoms with Crippen molar-refractivity contribution in [3.8, 4) is 17.1 Å². The molecule has 0 saturated carbocycles. The lowest BCUT2D eigenvalue weighted by Gasteiger charge is -2.17. The van der Waals surface area contributed by atoms with E-state index in [0.29, 0.717) is 28.8 Å². The highest BCUT2D eigenvalue weighted by atomic mass is 35.5. The van der Waals surface area contributed by atoms with Crippen LogP contribution in [0.2, 0.25) is 5.02 Å². The molecule has 8 heteroatoms. The van der Waals surface area contributed by atoms with Crippen molar-refractivity contribution in [2.75, 3.05) is 25.1 Å². The molecular weight excluding hydrogens is 378 g/mol. The molecule has 3 heterocycles. The minimum atomic E-state index is -0.211. The number of H-pyrrole nitrogens is 1. The van der Waals surface area contributed by atoms with E-state index >= 15 is 0 Å². The van der Waals surface area contributed by atoms with E-state index in [4.69, 9.17) is 16.3 Å². The third-order valence-corrected chi connectivity index (χ3v) is 5.14. The Morgan fingerprint density at radius 2 is 2.21 bits per heavy atom. The zero-order valence-electron chi connectivity index (χ0n) is 15.4. The Labute approximate surface area is 167 Å². The quantitative estimate of drug-likeness (QED) is 0.691. The summed E-state index contributed by atoms with van der Waals surface area (Å²) >= 11 is 6.26. The van der Waals surface area contributed by atoms with Gasteiger partial charge in [0.2, 0.25) is 5.95 Å². The van der Waals surface area contributed by atoms with Crippen LogP contribution in [0.1, 0.15) is 16.8 Å². The number of amides is 1. The van der Waals surface area contributed by atoms with Crippen LogP contribution < -0.4 is 15.0 Å². The number of carbonyl (C=O) groups is 1. The predicted molar refractivity (Wildman–Crippen MR) is 108 cm³/mol. The van der Waals surface area contributed by atoms with Gasteiger partial charge in [0.15, 0.2) is 0 Å². The molecule has 1 aromatic carbocycles. The topological polar surface area (TPSA) is 83.1 Å². The van der Waals surface area contributed by atoms with E-state index in [-0.39, 0.29) is 11.9 Å². The fourth-order valence-corrected chi connectivity index (χ4v) is 3.60. The summed E-state index contributed by atoms with van der Waals surface area (Å²) in [6.45, 7) is 1.41. The second kappa shape index (κ2) is 7.90. The number of aromatic amines is 1. The van der Waals surface area contributed by atoms with Crippen LogP contribution in [0.4, 0.5) is 5.95 Å². The molecule has 2 aromatic heterocycles. The van der Waals surface area contributed by atoms with Crippen molar-refractivity contribution < 1.29 is 9.53 Å². The fraction of sp³-hybridized carbons (Fsp3) is 0.250. The third-order valence-electron chi connectivity index (χ3n) is 4.75. The number of methoxy groups -OCH3 is 1. The van der Waals surface area contributed by atoms with Crippen molar-refractivity contribution in [1.29, 1.82) is 0 Å². The zero-order chi connectivity index (χ0) is 19.5. The lowest BCUT2D eigenvalue weighted by molar-refractivity contribution is 0.0940. The maximum Gasteiger partial charge on any atom is 0.253 e. The van der Waals surface area contributed by atoms with Crippen molar-refractivity contribution in [1.82, 2.24) is 20.3 Å². The van der Waals surface area contributed by atoms with Crippen LogP contribution in [-0.4, -0.2) is 47.1 Å². The van der Waals surface area contributed by atoms with Crippen LogP contribution in [0.15, 0.2) is 48.8 Å². The number of ether oxygens (including phenoxy) is 1. The standard InChI is InChI=1S/C20H20ClN5O2/c1-28-17-6-2-4-14(18(17)21)19(27)24-13-8-11-26(12-13)20-23-10-7-16(25-20)15-5-3-9-22-15/h2-7,9-10,13,22H,8,11-12H2,1H3,(H,24,27). The molecule has 1 aliphatic heterocycles. The van der Waals surface area contributed by atoms with Gasteiger partial charge in [-0.2, -0.15) is 0 Å². The van der Waals surface area contributed by atoms with Gasteiger partial charge >= 0.3 is 0 Å². The highest BCUT2D eigenvalue weighted by Gasteiger charge is 2.27. The van der Waals surface area contributed by atoms with Crippen LogP contribution >= 0.6 is 11.6 Å². The average molecular weight is 398 g/mol. The molecule has 1 saturated heterocycles. The second-order valence-electron chi connectivity index (χ2n) is 6.55. The monoisotopic (exact) mass is 397 g/mol. The summed E-state index contributed by atoms with van der Waals surface area (Å²) in [5.41, 5.74) is 2.19. The van der Waals surface area contributed by atoms with Crippen molar-refractivity contribution in [2.45, 2.75) is 12.5 Å². The smallest absolute Gasteiger partial charge is 0.253 e. The summed E-state index contributed by atoms with van der Waals surface area (Å²) in [5.74, 6) is 0.928. The van der Waals surface area contributed by atoms with Gasteiger partial charge in [0.05, 0.1) is 29.1 Å². The molecule has 0 radical (unpaired) electrons. The first-order valence-corrected chi connectivity index (χ1v) is 9.38. The van der Waals surface area contributed by atoms with E-state index in [1.54, 1.807) is 24.4 Å². The van der Waals surface area contributed by atoms with Crippen LogP contribution in [0.25, 0.3) is 11.4 Å². The SMILES string of the molecule is COc1cccc(C(=O)NC2CCN(c3nccc(-c4ccc[nH]4)n3)C2)c1Cl. The Hall–Kier alpha value is -3.06. The first-order valence-electron chi connectivity index (χ1n) is 9.01. The number of hydrogen-bond acceptors (Lipinski definition) is 5. The first kappa shape index (κ1) is 18.3. The van der Waals surface area contributed by atoms with Crippen molar-refractivity contribution >= 4 is 23.5 Å². The number of halogens is 1. The normalized spacial score (nSPS) is 16.2. The molecule has 1 aliphatic rings. The van der Waals surface area contributed by atoms with E-state index in [2.05, 4.69) is 25.2 Å². The molecule has 1 fully saturated rings. The molecule has 0 spiro atoms. The number of aromatic nitrogens is 3. The van der Waals surface area contributed by atoms with Gasteiger partial charge in [0.25, 0.3) is 5.91 Å². The Balaban J connectivity index is 1.44. The highest BCUT2D eigenvalue weighted by Crippen LogP contribution is 2.28. The summed E-state index contributed by atoms with van der Waals surface area (Å²) in [6.07, 6.45) is 4.42. The minimum Gasteiger partial charge on any atom is -0.495 e. The largest absolute Gasteiger partial charge is 0.495 e. The molecule has 28 heavy (non-hydrogen) atoms. The Morgan fingerprint density at radius 3 is 3.00 bits per heavy atom. The van der Waals surface area contributed by atoms with E-state index in [1.165, 1.54) is 7.11 Å². The number of hydrogen-bond donors (Lipinski definition) is 2. The fourth-order valence-electron chi connectivity index (χ4n) is 3.31. The Bertz CT molecular complexity index is 976. The number of carbonyl (C=O) groups excluding carboxylic acids is 1. The molecule has 144 valence electrons. The molecule has 1 unspecified atom stereocenters. The minimum absolute atomic E-state index is 0.00693. The second-order valence-corrected chi connectivity index (χ2v) is 6.93. The van der Waals surface area contributed by atoms with Crippen LogP contribution in [0.3, 0.4) is 0 Å². The zero-order valence-corrected chi connectivity index (χ0v) is 16.1. The van der Waals surface area contributed by atoms with Crippen molar-refractivity contribution in [2.24, 2.45) is 0 Å². The highest BCUT2D eigenvalue weighted by molar-refractivity contribution is 6.35. The summed E-state index contributed by atoms with van der Waals surface area (Å²) in [4.78, 5) is 26.9. The Morgan fingerprint density at radius 1 is 1.32 bits per heavy atom.